The molecule has 1 heterocycles. The highest BCUT2D eigenvalue weighted by atomic mass is 16.5. The molecule has 0 spiro atoms. The molecule has 0 radical (unpaired) electrons. The molecule has 104 valence electrons. The van der Waals surface area contributed by atoms with Crippen LogP contribution in [0.2, 0.25) is 0 Å². The predicted octanol–water partition coefficient (Wildman–Crippen LogP) is 2.26. The molecule has 2 atom stereocenters. The van der Waals surface area contributed by atoms with E-state index < -0.39 is 0 Å². The molecule has 1 aliphatic heterocycles. The molecule has 3 rings (SSSR count). The second-order valence-corrected chi connectivity index (χ2v) is 5.76. The van der Waals surface area contributed by atoms with Gasteiger partial charge in [-0.3, -0.25) is 0 Å². The minimum Gasteiger partial charge on any atom is -0.493 e. The van der Waals surface area contributed by atoms with Gasteiger partial charge in [0.15, 0.2) is 0 Å². The summed E-state index contributed by atoms with van der Waals surface area (Å²) in [5.74, 6) is 1.49. The van der Waals surface area contributed by atoms with Crippen molar-refractivity contribution in [1.82, 2.24) is 5.32 Å². The van der Waals surface area contributed by atoms with E-state index >= 15 is 0 Å². The van der Waals surface area contributed by atoms with Gasteiger partial charge in [-0.15, -0.1) is 0 Å². The highest BCUT2D eigenvalue weighted by Gasteiger charge is 2.23. The van der Waals surface area contributed by atoms with E-state index in [1.807, 2.05) is 0 Å². The van der Waals surface area contributed by atoms with Crippen LogP contribution in [0.3, 0.4) is 0 Å². The molecular weight excluding hydrogens is 238 g/mol. The SMILES string of the molecule is OCC1CCCCC1NCc1ccc2c(c1)CCO2. The van der Waals surface area contributed by atoms with Crippen LogP contribution in [-0.2, 0) is 13.0 Å². The van der Waals surface area contributed by atoms with Crippen molar-refractivity contribution >= 4 is 0 Å². The molecule has 3 nitrogen and oxygen atoms in total. The smallest absolute Gasteiger partial charge is 0.122 e. The van der Waals surface area contributed by atoms with Crippen molar-refractivity contribution in [2.75, 3.05) is 13.2 Å². The summed E-state index contributed by atoms with van der Waals surface area (Å²) in [6.07, 6.45) is 5.93. The fourth-order valence-corrected chi connectivity index (χ4v) is 3.29. The molecule has 0 saturated heterocycles. The van der Waals surface area contributed by atoms with Gasteiger partial charge in [-0.25, -0.2) is 0 Å². The van der Waals surface area contributed by atoms with Crippen molar-refractivity contribution in [3.8, 4) is 5.75 Å². The molecule has 1 saturated carbocycles. The van der Waals surface area contributed by atoms with Crippen molar-refractivity contribution < 1.29 is 9.84 Å². The zero-order valence-corrected chi connectivity index (χ0v) is 11.4. The number of rotatable bonds is 4. The van der Waals surface area contributed by atoms with Crippen LogP contribution in [0.5, 0.6) is 5.75 Å². The first-order valence-electron chi connectivity index (χ1n) is 7.45. The molecule has 1 aromatic rings. The molecule has 0 bridgehead atoms. The van der Waals surface area contributed by atoms with Crippen LogP contribution in [0, 0.1) is 5.92 Å². The average Bonchev–Trinajstić information content (AvgIpc) is 2.93. The number of ether oxygens (including phenoxy) is 1. The molecule has 2 unspecified atom stereocenters. The van der Waals surface area contributed by atoms with E-state index in [0.29, 0.717) is 18.6 Å². The summed E-state index contributed by atoms with van der Waals surface area (Å²) in [6, 6.07) is 6.97. The van der Waals surface area contributed by atoms with Gasteiger partial charge in [-0.05, 0) is 36.0 Å². The first kappa shape index (κ1) is 12.9. The Balaban J connectivity index is 1.59. The Morgan fingerprint density at radius 2 is 2.16 bits per heavy atom. The lowest BCUT2D eigenvalue weighted by Crippen LogP contribution is -2.39. The quantitative estimate of drug-likeness (QED) is 0.873. The maximum absolute atomic E-state index is 9.43. The van der Waals surface area contributed by atoms with Gasteiger partial charge in [0.25, 0.3) is 0 Å². The number of hydrogen-bond donors (Lipinski definition) is 2. The van der Waals surface area contributed by atoms with Crippen LogP contribution in [0.25, 0.3) is 0 Å². The lowest BCUT2D eigenvalue weighted by Gasteiger charge is -2.31. The molecule has 1 fully saturated rings. The molecule has 1 aliphatic carbocycles. The summed E-state index contributed by atoms with van der Waals surface area (Å²) in [4.78, 5) is 0. The topological polar surface area (TPSA) is 41.5 Å². The van der Waals surface area contributed by atoms with Crippen LogP contribution in [-0.4, -0.2) is 24.4 Å². The second-order valence-electron chi connectivity index (χ2n) is 5.76. The van der Waals surface area contributed by atoms with E-state index in [-0.39, 0.29) is 0 Å². The lowest BCUT2D eigenvalue weighted by molar-refractivity contribution is 0.152. The molecule has 3 heteroatoms. The normalized spacial score (nSPS) is 25.9. The summed E-state index contributed by atoms with van der Waals surface area (Å²) in [5.41, 5.74) is 2.66. The first-order valence-corrected chi connectivity index (χ1v) is 7.45. The van der Waals surface area contributed by atoms with E-state index in [2.05, 4.69) is 23.5 Å². The summed E-state index contributed by atoms with van der Waals surface area (Å²) < 4.78 is 5.53. The highest BCUT2D eigenvalue weighted by Crippen LogP contribution is 2.27. The summed E-state index contributed by atoms with van der Waals surface area (Å²) in [7, 11) is 0. The third-order valence-corrected chi connectivity index (χ3v) is 4.47. The third-order valence-electron chi connectivity index (χ3n) is 4.47. The zero-order chi connectivity index (χ0) is 13.1. The van der Waals surface area contributed by atoms with Crippen molar-refractivity contribution in [3.05, 3.63) is 29.3 Å². The van der Waals surface area contributed by atoms with Gasteiger partial charge >= 0.3 is 0 Å². The number of aliphatic hydroxyl groups excluding tert-OH is 1. The zero-order valence-electron chi connectivity index (χ0n) is 11.4. The molecule has 0 amide bonds. The Hall–Kier alpha value is -1.06. The van der Waals surface area contributed by atoms with Crippen molar-refractivity contribution in [1.29, 1.82) is 0 Å². The van der Waals surface area contributed by atoms with Crippen LogP contribution >= 0.6 is 0 Å². The van der Waals surface area contributed by atoms with Crippen LogP contribution in [0.4, 0.5) is 0 Å². The van der Waals surface area contributed by atoms with Crippen LogP contribution in [0.15, 0.2) is 18.2 Å². The molecule has 0 aromatic heterocycles. The first-order chi connectivity index (χ1) is 9.36. The van der Waals surface area contributed by atoms with Crippen molar-refractivity contribution in [2.24, 2.45) is 5.92 Å². The second kappa shape index (κ2) is 5.93. The number of nitrogens with one attached hydrogen (secondary N) is 1. The third kappa shape index (κ3) is 2.93. The molecule has 2 aliphatic rings. The van der Waals surface area contributed by atoms with Gasteiger partial charge in [-0.1, -0.05) is 25.0 Å². The lowest BCUT2D eigenvalue weighted by atomic mass is 9.85. The molecular formula is C16H23NO2. The highest BCUT2D eigenvalue weighted by molar-refractivity contribution is 5.39. The van der Waals surface area contributed by atoms with Crippen LogP contribution in [0.1, 0.15) is 36.8 Å². The summed E-state index contributed by atoms with van der Waals surface area (Å²) >= 11 is 0. The van der Waals surface area contributed by atoms with Gasteiger partial charge in [0, 0.05) is 25.6 Å². The van der Waals surface area contributed by atoms with Crippen LogP contribution < -0.4 is 10.1 Å². The van der Waals surface area contributed by atoms with Gasteiger partial charge in [-0.2, -0.15) is 0 Å². The van der Waals surface area contributed by atoms with E-state index in [4.69, 9.17) is 4.74 Å². The average molecular weight is 261 g/mol. The number of aliphatic hydroxyl groups is 1. The Morgan fingerprint density at radius 3 is 3.05 bits per heavy atom. The standard InChI is InChI=1S/C16H23NO2/c18-11-14-3-1-2-4-15(14)17-10-12-5-6-16-13(9-12)7-8-19-16/h5-6,9,14-15,17-18H,1-4,7-8,10-11H2. The number of hydrogen-bond acceptors (Lipinski definition) is 3. The van der Waals surface area contributed by atoms with E-state index in [9.17, 15) is 5.11 Å². The van der Waals surface area contributed by atoms with E-state index in [0.717, 1.165) is 31.7 Å². The Labute approximate surface area is 115 Å². The Morgan fingerprint density at radius 1 is 1.26 bits per heavy atom. The van der Waals surface area contributed by atoms with E-state index in [1.54, 1.807) is 0 Å². The molecule has 19 heavy (non-hydrogen) atoms. The fraction of sp³-hybridized carbons (Fsp3) is 0.625. The fourth-order valence-electron chi connectivity index (χ4n) is 3.29. The minimum atomic E-state index is 0.315. The van der Waals surface area contributed by atoms with Gasteiger partial charge in [0.2, 0.25) is 0 Å². The monoisotopic (exact) mass is 261 g/mol. The largest absolute Gasteiger partial charge is 0.493 e. The van der Waals surface area contributed by atoms with Gasteiger partial charge in [0.05, 0.1) is 6.61 Å². The molecule has 1 aromatic carbocycles. The summed E-state index contributed by atoms with van der Waals surface area (Å²) in [6.45, 7) is 2.03. The predicted molar refractivity (Wildman–Crippen MR) is 75.3 cm³/mol. The van der Waals surface area contributed by atoms with Crippen molar-refractivity contribution in [2.45, 2.75) is 44.7 Å². The maximum atomic E-state index is 9.43. The van der Waals surface area contributed by atoms with Gasteiger partial charge in [0.1, 0.15) is 5.75 Å². The van der Waals surface area contributed by atoms with Crippen molar-refractivity contribution in [3.63, 3.8) is 0 Å². The minimum absolute atomic E-state index is 0.315. The van der Waals surface area contributed by atoms with Gasteiger partial charge < -0.3 is 15.2 Å². The number of fused-ring (bicyclic) bond motifs is 1. The number of benzene rings is 1. The maximum Gasteiger partial charge on any atom is 0.122 e. The molecule has 2 N–H and O–H groups in total. The Bertz CT molecular complexity index is 433. The van der Waals surface area contributed by atoms with E-state index in [1.165, 1.54) is 30.4 Å². The Kier molecular flexibility index (Phi) is 4.04. The summed E-state index contributed by atoms with van der Waals surface area (Å²) in [5, 5.41) is 13.1.